The summed E-state index contributed by atoms with van der Waals surface area (Å²) in [6.07, 6.45) is 9.93. The molecule has 0 heterocycles. The first kappa shape index (κ1) is 17.7. The summed E-state index contributed by atoms with van der Waals surface area (Å²) in [6, 6.07) is 10.5. The van der Waals surface area contributed by atoms with E-state index >= 15 is 0 Å². The number of Topliss-reactive ketones (excluding diaryl/α,β-unsaturated/α-hetero) is 1. The zero-order valence-corrected chi connectivity index (χ0v) is 14.3. The lowest BCUT2D eigenvalue weighted by molar-refractivity contribution is -0.119. The van der Waals surface area contributed by atoms with Gasteiger partial charge in [-0.3, -0.25) is 4.79 Å². The molecular formula is C20H29NO2. The monoisotopic (exact) mass is 315 g/mol. The quantitative estimate of drug-likeness (QED) is 0.640. The van der Waals surface area contributed by atoms with E-state index in [1.165, 1.54) is 19.3 Å². The van der Waals surface area contributed by atoms with Crippen molar-refractivity contribution in [2.45, 2.75) is 77.2 Å². The molecule has 0 unspecified atom stereocenters. The Morgan fingerprint density at radius 2 is 1.61 bits per heavy atom. The predicted molar refractivity (Wildman–Crippen MR) is 94.6 cm³/mol. The van der Waals surface area contributed by atoms with Crippen molar-refractivity contribution in [1.29, 1.82) is 0 Å². The Hall–Kier alpha value is -1.64. The number of carbonyl (C=O) groups is 2. The summed E-state index contributed by atoms with van der Waals surface area (Å²) >= 11 is 0. The molecule has 1 saturated carbocycles. The molecule has 2 rings (SSSR count). The van der Waals surface area contributed by atoms with Crippen LogP contribution < -0.4 is 4.90 Å². The molecule has 23 heavy (non-hydrogen) atoms. The Morgan fingerprint density at radius 1 is 0.957 bits per heavy atom. The van der Waals surface area contributed by atoms with Crippen molar-refractivity contribution in [3.63, 3.8) is 0 Å². The third-order valence-electron chi connectivity index (χ3n) is 4.66. The highest BCUT2D eigenvalue weighted by Crippen LogP contribution is 2.28. The SMILES string of the molecule is CC(=O)CCCCCC(=O)N(c1ccccc1)C1CCCCC1. The maximum Gasteiger partial charge on any atom is 0.227 e. The Balaban J connectivity index is 1.93. The van der Waals surface area contributed by atoms with Crippen LogP contribution in [0, 0.1) is 0 Å². The fourth-order valence-electron chi connectivity index (χ4n) is 3.43. The van der Waals surface area contributed by atoms with E-state index in [-0.39, 0.29) is 11.7 Å². The third kappa shape index (κ3) is 5.81. The zero-order valence-electron chi connectivity index (χ0n) is 14.3. The number of para-hydroxylation sites is 1. The molecule has 0 atom stereocenters. The standard InChI is InChI=1S/C20H29NO2/c1-17(22)11-5-2-10-16-20(23)21(18-12-6-3-7-13-18)19-14-8-4-9-15-19/h3,6-7,12-13,19H,2,4-5,8-11,14-16H2,1H3. The first-order valence-electron chi connectivity index (χ1n) is 9.05. The molecule has 1 aromatic carbocycles. The number of ketones is 1. The molecule has 0 aliphatic heterocycles. The van der Waals surface area contributed by atoms with E-state index in [9.17, 15) is 9.59 Å². The fourth-order valence-corrected chi connectivity index (χ4v) is 3.43. The first-order chi connectivity index (χ1) is 11.2. The topological polar surface area (TPSA) is 37.4 Å². The van der Waals surface area contributed by atoms with Gasteiger partial charge in [0.2, 0.25) is 5.91 Å². The Morgan fingerprint density at radius 3 is 2.26 bits per heavy atom. The van der Waals surface area contributed by atoms with E-state index in [4.69, 9.17) is 0 Å². The zero-order chi connectivity index (χ0) is 16.5. The van der Waals surface area contributed by atoms with E-state index in [1.54, 1.807) is 6.92 Å². The van der Waals surface area contributed by atoms with Crippen LogP contribution in [0.5, 0.6) is 0 Å². The van der Waals surface area contributed by atoms with Crippen LogP contribution in [-0.2, 0) is 9.59 Å². The summed E-state index contributed by atoms with van der Waals surface area (Å²) in [4.78, 5) is 25.8. The van der Waals surface area contributed by atoms with Crippen molar-refractivity contribution >= 4 is 17.4 Å². The molecule has 1 aliphatic rings. The highest BCUT2D eigenvalue weighted by molar-refractivity contribution is 5.93. The number of nitrogens with zero attached hydrogens (tertiary/aromatic N) is 1. The number of anilines is 1. The van der Waals surface area contributed by atoms with Crippen molar-refractivity contribution in [3.05, 3.63) is 30.3 Å². The van der Waals surface area contributed by atoms with E-state index in [0.717, 1.165) is 37.8 Å². The smallest absolute Gasteiger partial charge is 0.227 e. The summed E-state index contributed by atoms with van der Waals surface area (Å²) in [5.41, 5.74) is 1.04. The van der Waals surface area contributed by atoms with Crippen LogP contribution in [0.1, 0.15) is 71.1 Å². The van der Waals surface area contributed by atoms with Crippen LogP contribution in [0.15, 0.2) is 30.3 Å². The molecule has 0 aromatic heterocycles. The Kier molecular flexibility index (Phi) is 7.31. The molecule has 0 spiro atoms. The molecule has 0 saturated heterocycles. The van der Waals surface area contributed by atoms with Gasteiger partial charge in [0.1, 0.15) is 5.78 Å². The van der Waals surface area contributed by atoms with Crippen molar-refractivity contribution in [3.8, 4) is 0 Å². The van der Waals surface area contributed by atoms with Crippen LogP contribution >= 0.6 is 0 Å². The second-order valence-electron chi connectivity index (χ2n) is 6.65. The number of carbonyl (C=O) groups excluding carboxylic acids is 2. The van der Waals surface area contributed by atoms with Gasteiger partial charge in [-0.1, -0.05) is 43.9 Å². The lowest BCUT2D eigenvalue weighted by atomic mass is 9.93. The number of hydrogen-bond donors (Lipinski definition) is 0. The normalized spacial score (nSPS) is 15.3. The predicted octanol–water partition coefficient (Wildman–Crippen LogP) is 4.89. The van der Waals surface area contributed by atoms with Crippen molar-refractivity contribution < 1.29 is 9.59 Å². The number of hydrogen-bond acceptors (Lipinski definition) is 2. The molecule has 0 bridgehead atoms. The van der Waals surface area contributed by atoms with Gasteiger partial charge in [-0.25, -0.2) is 0 Å². The molecule has 3 nitrogen and oxygen atoms in total. The van der Waals surface area contributed by atoms with E-state index in [0.29, 0.717) is 18.9 Å². The summed E-state index contributed by atoms with van der Waals surface area (Å²) in [5.74, 6) is 0.482. The van der Waals surface area contributed by atoms with Gasteiger partial charge < -0.3 is 9.69 Å². The van der Waals surface area contributed by atoms with Crippen molar-refractivity contribution in [2.24, 2.45) is 0 Å². The van der Waals surface area contributed by atoms with Gasteiger partial charge in [-0.15, -0.1) is 0 Å². The minimum absolute atomic E-state index is 0.240. The van der Waals surface area contributed by atoms with Crippen LogP contribution in [-0.4, -0.2) is 17.7 Å². The molecule has 1 amide bonds. The van der Waals surface area contributed by atoms with Crippen molar-refractivity contribution in [2.75, 3.05) is 4.90 Å². The lowest BCUT2D eigenvalue weighted by Gasteiger charge is -2.34. The summed E-state index contributed by atoms with van der Waals surface area (Å²) < 4.78 is 0. The van der Waals surface area contributed by atoms with Gasteiger partial charge in [0, 0.05) is 24.6 Å². The van der Waals surface area contributed by atoms with E-state index in [2.05, 4.69) is 0 Å². The summed E-state index contributed by atoms with van der Waals surface area (Å²) in [6.45, 7) is 1.63. The maximum absolute atomic E-state index is 12.8. The molecule has 1 aliphatic carbocycles. The molecular weight excluding hydrogens is 286 g/mol. The number of benzene rings is 1. The molecule has 126 valence electrons. The van der Waals surface area contributed by atoms with Gasteiger partial charge in [-0.2, -0.15) is 0 Å². The molecule has 1 fully saturated rings. The second-order valence-corrected chi connectivity index (χ2v) is 6.65. The van der Waals surface area contributed by atoms with Crippen molar-refractivity contribution in [1.82, 2.24) is 0 Å². The molecule has 3 heteroatoms. The summed E-state index contributed by atoms with van der Waals surface area (Å²) in [7, 11) is 0. The molecule has 1 aromatic rings. The van der Waals surface area contributed by atoms with Crippen LogP contribution in [0.4, 0.5) is 5.69 Å². The second kappa shape index (κ2) is 9.49. The average molecular weight is 315 g/mol. The van der Waals surface area contributed by atoms with Crippen LogP contribution in [0.2, 0.25) is 0 Å². The van der Waals surface area contributed by atoms with E-state index in [1.807, 2.05) is 35.2 Å². The lowest BCUT2D eigenvalue weighted by Crippen LogP contribution is -2.41. The highest BCUT2D eigenvalue weighted by atomic mass is 16.2. The van der Waals surface area contributed by atoms with Gasteiger partial charge in [0.15, 0.2) is 0 Å². The Bertz CT molecular complexity index is 492. The minimum Gasteiger partial charge on any atom is -0.309 e. The highest BCUT2D eigenvalue weighted by Gasteiger charge is 2.26. The van der Waals surface area contributed by atoms with Gasteiger partial charge >= 0.3 is 0 Å². The first-order valence-corrected chi connectivity index (χ1v) is 9.05. The van der Waals surface area contributed by atoms with Crippen LogP contribution in [0.25, 0.3) is 0 Å². The summed E-state index contributed by atoms with van der Waals surface area (Å²) in [5, 5.41) is 0. The van der Waals surface area contributed by atoms with Gasteiger partial charge in [0.05, 0.1) is 0 Å². The molecule has 0 radical (unpaired) electrons. The third-order valence-corrected chi connectivity index (χ3v) is 4.66. The van der Waals surface area contributed by atoms with Crippen LogP contribution in [0.3, 0.4) is 0 Å². The van der Waals surface area contributed by atoms with Gasteiger partial charge in [-0.05, 0) is 44.7 Å². The minimum atomic E-state index is 0.240. The maximum atomic E-state index is 12.8. The Labute approximate surface area is 140 Å². The van der Waals surface area contributed by atoms with E-state index < -0.39 is 0 Å². The number of unbranched alkanes of at least 4 members (excludes halogenated alkanes) is 2. The average Bonchev–Trinajstić information content (AvgIpc) is 2.56. The largest absolute Gasteiger partial charge is 0.309 e. The molecule has 0 N–H and O–H groups in total. The number of rotatable bonds is 8. The van der Waals surface area contributed by atoms with Gasteiger partial charge in [0.25, 0.3) is 0 Å². The fraction of sp³-hybridized carbons (Fsp3) is 0.600. The number of amides is 1.